The molecule has 27 heavy (non-hydrogen) atoms. The normalized spacial score (nSPS) is 10.7. The predicted molar refractivity (Wildman–Crippen MR) is 103 cm³/mol. The number of carbonyl (C=O) groups excluding carboxylic acids is 1. The van der Waals surface area contributed by atoms with Crippen molar-refractivity contribution < 1.29 is 9.53 Å². The Labute approximate surface area is 156 Å². The molecule has 0 atom stereocenters. The van der Waals surface area contributed by atoms with Crippen LogP contribution < -0.4 is 10.1 Å². The van der Waals surface area contributed by atoms with Crippen molar-refractivity contribution in [3.63, 3.8) is 0 Å². The van der Waals surface area contributed by atoms with Gasteiger partial charge in [0.1, 0.15) is 18.0 Å². The Bertz CT molecular complexity index is 1090. The van der Waals surface area contributed by atoms with Crippen molar-refractivity contribution in [2.75, 3.05) is 5.32 Å². The lowest BCUT2D eigenvalue weighted by molar-refractivity contribution is 0.102. The van der Waals surface area contributed by atoms with Gasteiger partial charge in [0.05, 0.1) is 23.1 Å². The SMILES string of the molecule is Cc1cccn2cc(COc3ccccc3C(=O)Nc3cccnc3)nc12. The molecule has 1 N–H and O–H groups in total. The molecule has 0 saturated carbocycles. The Morgan fingerprint density at radius 2 is 2.04 bits per heavy atom. The molecule has 0 aliphatic heterocycles. The second-order valence-electron chi connectivity index (χ2n) is 6.13. The highest BCUT2D eigenvalue weighted by atomic mass is 16.5. The number of nitrogens with zero attached hydrogens (tertiary/aromatic N) is 3. The maximum atomic E-state index is 12.6. The number of pyridine rings is 2. The highest BCUT2D eigenvalue weighted by Crippen LogP contribution is 2.21. The first-order valence-corrected chi connectivity index (χ1v) is 8.57. The monoisotopic (exact) mass is 358 g/mol. The number of amides is 1. The Morgan fingerprint density at radius 1 is 1.15 bits per heavy atom. The van der Waals surface area contributed by atoms with Crippen molar-refractivity contribution in [3.05, 3.63) is 90.1 Å². The molecule has 0 fully saturated rings. The van der Waals surface area contributed by atoms with Crippen LogP contribution in [0.4, 0.5) is 5.69 Å². The van der Waals surface area contributed by atoms with Gasteiger partial charge in [-0.3, -0.25) is 9.78 Å². The van der Waals surface area contributed by atoms with Gasteiger partial charge in [-0.05, 0) is 42.8 Å². The number of fused-ring (bicyclic) bond motifs is 1. The molecule has 4 rings (SSSR count). The smallest absolute Gasteiger partial charge is 0.259 e. The lowest BCUT2D eigenvalue weighted by atomic mass is 10.2. The predicted octanol–water partition coefficient (Wildman–Crippen LogP) is 3.87. The summed E-state index contributed by atoms with van der Waals surface area (Å²) in [5, 5.41) is 2.82. The van der Waals surface area contributed by atoms with Crippen LogP contribution in [0.5, 0.6) is 5.75 Å². The fourth-order valence-electron chi connectivity index (χ4n) is 2.84. The average Bonchev–Trinajstić information content (AvgIpc) is 3.12. The first kappa shape index (κ1) is 16.8. The fourth-order valence-corrected chi connectivity index (χ4v) is 2.84. The highest BCUT2D eigenvalue weighted by Gasteiger charge is 2.13. The third kappa shape index (κ3) is 3.64. The van der Waals surface area contributed by atoms with Crippen molar-refractivity contribution in [1.29, 1.82) is 0 Å². The van der Waals surface area contributed by atoms with Gasteiger partial charge in [-0.25, -0.2) is 4.98 Å². The van der Waals surface area contributed by atoms with E-state index in [1.54, 1.807) is 42.7 Å². The van der Waals surface area contributed by atoms with Gasteiger partial charge >= 0.3 is 0 Å². The van der Waals surface area contributed by atoms with E-state index in [0.29, 0.717) is 17.0 Å². The number of benzene rings is 1. The van der Waals surface area contributed by atoms with Gasteiger partial charge < -0.3 is 14.5 Å². The molecule has 1 amide bonds. The van der Waals surface area contributed by atoms with Gasteiger partial charge in [0.25, 0.3) is 5.91 Å². The molecular formula is C21H18N4O2. The Morgan fingerprint density at radius 3 is 2.85 bits per heavy atom. The lowest BCUT2D eigenvalue weighted by Gasteiger charge is -2.10. The minimum Gasteiger partial charge on any atom is -0.486 e. The van der Waals surface area contributed by atoms with E-state index in [1.165, 1.54) is 0 Å². The molecule has 3 heterocycles. The number of para-hydroxylation sites is 1. The van der Waals surface area contributed by atoms with E-state index in [-0.39, 0.29) is 12.5 Å². The quantitative estimate of drug-likeness (QED) is 0.588. The summed E-state index contributed by atoms with van der Waals surface area (Å²) in [6.07, 6.45) is 7.14. The Kier molecular flexibility index (Phi) is 4.53. The number of hydrogen-bond acceptors (Lipinski definition) is 4. The molecule has 6 nitrogen and oxygen atoms in total. The van der Waals surface area contributed by atoms with Crippen LogP contribution in [-0.2, 0) is 6.61 Å². The van der Waals surface area contributed by atoms with E-state index < -0.39 is 0 Å². The van der Waals surface area contributed by atoms with Crippen LogP contribution in [0.3, 0.4) is 0 Å². The molecule has 0 spiro atoms. The van der Waals surface area contributed by atoms with E-state index in [0.717, 1.165) is 16.9 Å². The summed E-state index contributed by atoms with van der Waals surface area (Å²) in [5.41, 5.74) is 3.89. The summed E-state index contributed by atoms with van der Waals surface area (Å²) >= 11 is 0. The molecule has 0 saturated heterocycles. The second-order valence-corrected chi connectivity index (χ2v) is 6.13. The van der Waals surface area contributed by atoms with Gasteiger partial charge in [-0.1, -0.05) is 18.2 Å². The molecule has 1 aromatic carbocycles. The third-order valence-electron chi connectivity index (χ3n) is 4.15. The molecule has 6 heteroatoms. The maximum Gasteiger partial charge on any atom is 0.259 e. The van der Waals surface area contributed by atoms with Gasteiger partial charge in [-0.2, -0.15) is 0 Å². The minimum absolute atomic E-state index is 0.246. The van der Waals surface area contributed by atoms with Crippen LogP contribution in [0.1, 0.15) is 21.6 Å². The molecule has 0 aliphatic rings. The summed E-state index contributed by atoms with van der Waals surface area (Å²) in [5.74, 6) is 0.261. The molecule has 0 radical (unpaired) electrons. The van der Waals surface area contributed by atoms with Gasteiger partial charge in [0.2, 0.25) is 0 Å². The van der Waals surface area contributed by atoms with Crippen molar-refractivity contribution in [3.8, 4) is 5.75 Å². The molecule has 0 bridgehead atoms. The molecule has 134 valence electrons. The van der Waals surface area contributed by atoms with Crippen LogP contribution in [0, 0.1) is 6.92 Å². The zero-order valence-electron chi connectivity index (χ0n) is 14.8. The Hall–Kier alpha value is -3.67. The van der Waals surface area contributed by atoms with E-state index in [1.807, 2.05) is 41.9 Å². The number of anilines is 1. The number of imidazole rings is 1. The summed E-state index contributed by atoms with van der Waals surface area (Å²) in [6, 6.07) is 14.7. The van der Waals surface area contributed by atoms with Crippen LogP contribution in [-0.4, -0.2) is 20.3 Å². The van der Waals surface area contributed by atoms with Crippen molar-refractivity contribution in [2.45, 2.75) is 13.5 Å². The maximum absolute atomic E-state index is 12.6. The van der Waals surface area contributed by atoms with E-state index in [4.69, 9.17) is 4.74 Å². The summed E-state index contributed by atoms with van der Waals surface area (Å²) in [6.45, 7) is 2.29. The van der Waals surface area contributed by atoms with Crippen LogP contribution in [0.2, 0.25) is 0 Å². The average molecular weight is 358 g/mol. The van der Waals surface area contributed by atoms with Crippen LogP contribution in [0.25, 0.3) is 5.65 Å². The number of rotatable bonds is 5. The van der Waals surface area contributed by atoms with Crippen LogP contribution >= 0.6 is 0 Å². The number of ether oxygens (including phenoxy) is 1. The van der Waals surface area contributed by atoms with Crippen molar-refractivity contribution in [2.24, 2.45) is 0 Å². The Balaban J connectivity index is 1.52. The van der Waals surface area contributed by atoms with E-state index in [9.17, 15) is 4.79 Å². The summed E-state index contributed by atoms with van der Waals surface area (Å²) < 4.78 is 7.87. The highest BCUT2D eigenvalue weighted by molar-refractivity contribution is 6.06. The molecular weight excluding hydrogens is 340 g/mol. The van der Waals surface area contributed by atoms with Gasteiger partial charge in [0, 0.05) is 18.6 Å². The molecule has 3 aromatic heterocycles. The lowest BCUT2D eigenvalue weighted by Crippen LogP contribution is -2.13. The summed E-state index contributed by atoms with van der Waals surface area (Å²) in [7, 11) is 0. The number of aryl methyl sites for hydroxylation is 1. The zero-order chi connectivity index (χ0) is 18.6. The molecule has 4 aromatic rings. The van der Waals surface area contributed by atoms with Crippen molar-refractivity contribution in [1.82, 2.24) is 14.4 Å². The number of hydrogen-bond donors (Lipinski definition) is 1. The first-order valence-electron chi connectivity index (χ1n) is 8.57. The van der Waals surface area contributed by atoms with Gasteiger partial charge in [-0.15, -0.1) is 0 Å². The van der Waals surface area contributed by atoms with Crippen LogP contribution in [0.15, 0.2) is 73.3 Å². The van der Waals surface area contributed by atoms with Gasteiger partial charge in [0.15, 0.2) is 0 Å². The molecule has 0 unspecified atom stereocenters. The number of carbonyl (C=O) groups is 1. The van der Waals surface area contributed by atoms with E-state index in [2.05, 4.69) is 15.3 Å². The standard InChI is InChI=1S/C21H18N4O2/c1-15-6-5-11-25-13-17(23-20(15)25)14-27-19-9-3-2-8-18(19)21(26)24-16-7-4-10-22-12-16/h2-13H,14H2,1H3,(H,24,26). The first-order chi connectivity index (χ1) is 13.2. The topological polar surface area (TPSA) is 68.5 Å². The molecule has 0 aliphatic carbocycles. The minimum atomic E-state index is -0.246. The van der Waals surface area contributed by atoms with Crippen molar-refractivity contribution >= 4 is 17.2 Å². The van der Waals surface area contributed by atoms with E-state index >= 15 is 0 Å². The largest absolute Gasteiger partial charge is 0.486 e. The fraction of sp³-hybridized carbons (Fsp3) is 0.0952. The zero-order valence-corrected chi connectivity index (χ0v) is 14.8. The third-order valence-corrected chi connectivity index (χ3v) is 4.15. The summed E-state index contributed by atoms with van der Waals surface area (Å²) in [4.78, 5) is 21.2. The number of aromatic nitrogens is 3. The second kappa shape index (κ2) is 7.29. The number of nitrogens with one attached hydrogen (secondary N) is 1.